The largest absolute Gasteiger partial charge is 0.358 e. The summed E-state index contributed by atoms with van der Waals surface area (Å²) in [6.07, 6.45) is 5.57. The standard InChI is InChI=1S/C14H15ClN2S/c15-10-5-6-12-11(7-10)16-14(18-12)17-13(8-1-2-8)9-3-4-9/h5-9,13H,1-4H2,(H,16,17). The Morgan fingerprint density at radius 2 is 1.94 bits per heavy atom. The SMILES string of the molecule is Clc1ccc2sc(NC(C3CC3)C3CC3)nc2c1. The molecule has 1 heterocycles. The van der Waals surface area contributed by atoms with E-state index < -0.39 is 0 Å². The van der Waals surface area contributed by atoms with Crippen LogP contribution in [0.4, 0.5) is 5.13 Å². The highest BCUT2D eigenvalue weighted by Crippen LogP contribution is 2.46. The molecule has 2 nitrogen and oxygen atoms in total. The molecule has 0 spiro atoms. The quantitative estimate of drug-likeness (QED) is 0.887. The van der Waals surface area contributed by atoms with E-state index in [4.69, 9.17) is 11.6 Å². The first kappa shape index (κ1) is 11.1. The average molecular weight is 279 g/mol. The van der Waals surface area contributed by atoms with Crippen LogP contribution in [0, 0.1) is 11.8 Å². The summed E-state index contributed by atoms with van der Waals surface area (Å²) in [4.78, 5) is 4.66. The van der Waals surface area contributed by atoms with Gasteiger partial charge in [0.2, 0.25) is 0 Å². The number of fused-ring (bicyclic) bond motifs is 1. The Morgan fingerprint density at radius 3 is 2.61 bits per heavy atom. The molecule has 2 aromatic rings. The summed E-state index contributed by atoms with van der Waals surface area (Å²) in [6, 6.07) is 6.61. The predicted octanol–water partition coefficient (Wildman–Crippen LogP) is 4.55. The minimum absolute atomic E-state index is 0.668. The third-order valence-electron chi connectivity index (χ3n) is 3.90. The van der Waals surface area contributed by atoms with Crippen molar-refractivity contribution < 1.29 is 0 Å². The lowest BCUT2D eigenvalue weighted by Gasteiger charge is -2.16. The van der Waals surface area contributed by atoms with E-state index in [1.165, 1.54) is 30.4 Å². The van der Waals surface area contributed by atoms with Crippen molar-refractivity contribution in [3.05, 3.63) is 23.2 Å². The van der Waals surface area contributed by atoms with Crippen molar-refractivity contribution >= 4 is 38.3 Å². The predicted molar refractivity (Wildman–Crippen MR) is 77.5 cm³/mol. The molecule has 18 heavy (non-hydrogen) atoms. The van der Waals surface area contributed by atoms with Crippen LogP contribution in [0.25, 0.3) is 10.2 Å². The molecule has 2 saturated carbocycles. The van der Waals surface area contributed by atoms with Gasteiger partial charge < -0.3 is 5.32 Å². The second kappa shape index (κ2) is 4.10. The molecule has 0 unspecified atom stereocenters. The fourth-order valence-electron chi connectivity index (χ4n) is 2.64. The van der Waals surface area contributed by atoms with Crippen molar-refractivity contribution in [2.75, 3.05) is 5.32 Å². The zero-order valence-electron chi connectivity index (χ0n) is 10.0. The van der Waals surface area contributed by atoms with Gasteiger partial charge in [-0.15, -0.1) is 0 Å². The number of benzene rings is 1. The molecule has 0 atom stereocenters. The summed E-state index contributed by atoms with van der Waals surface area (Å²) in [6.45, 7) is 0. The van der Waals surface area contributed by atoms with Crippen molar-refractivity contribution in [2.24, 2.45) is 11.8 Å². The normalized spacial score (nSPS) is 19.7. The number of hydrogen-bond donors (Lipinski definition) is 1. The van der Waals surface area contributed by atoms with E-state index in [1.807, 2.05) is 12.1 Å². The fourth-order valence-corrected chi connectivity index (χ4v) is 3.70. The van der Waals surface area contributed by atoms with Crippen LogP contribution in [0.1, 0.15) is 25.7 Å². The van der Waals surface area contributed by atoms with Crippen LogP contribution in [-0.2, 0) is 0 Å². The van der Waals surface area contributed by atoms with Crippen LogP contribution in [0.5, 0.6) is 0 Å². The molecule has 0 aliphatic heterocycles. The molecule has 1 aromatic carbocycles. The van der Waals surface area contributed by atoms with Gasteiger partial charge in [-0.2, -0.15) is 0 Å². The monoisotopic (exact) mass is 278 g/mol. The minimum Gasteiger partial charge on any atom is -0.358 e. The van der Waals surface area contributed by atoms with Crippen molar-refractivity contribution in [1.82, 2.24) is 4.98 Å². The topological polar surface area (TPSA) is 24.9 Å². The average Bonchev–Trinajstić information content (AvgIpc) is 3.23. The van der Waals surface area contributed by atoms with Gasteiger partial charge in [0.25, 0.3) is 0 Å². The van der Waals surface area contributed by atoms with Gasteiger partial charge in [0.1, 0.15) is 0 Å². The lowest BCUT2D eigenvalue weighted by Crippen LogP contribution is -2.23. The second-order valence-corrected chi connectivity index (χ2v) is 6.94. The minimum atomic E-state index is 0.668. The molecule has 0 bridgehead atoms. The van der Waals surface area contributed by atoms with Gasteiger partial charge in [-0.3, -0.25) is 0 Å². The highest BCUT2D eigenvalue weighted by molar-refractivity contribution is 7.22. The summed E-state index contributed by atoms with van der Waals surface area (Å²) in [5.41, 5.74) is 1.01. The maximum atomic E-state index is 6.00. The zero-order chi connectivity index (χ0) is 12.1. The molecule has 2 aliphatic carbocycles. The smallest absolute Gasteiger partial charge is 0.184 e. The molecule has 4 heteroatoms. The summed E-state index contributed by atoms with van der Waals surface area (Å²) < 4.78 is 1.22. The number of thiazole rings is 1. The van der Waals surface area contributed by atoms with E-state index in [-0.39, 0.29) is 0 Å². The zero-order valence-corrected chi connectivity index (χ0v) is 11.6. The lowest BCUT2D eigenvalue weighted by molar-refractivity contribution is 0.567. The first-order chi connectivity index (χ1) is 8.79. The fraction of sp³-hybridized carbons (Fsp3) is 0.500. The Bertz CT molecular complexity index is 574. The van der Waals surface area contributed by atoms with Gasteiger partial charge in [0.15, 0.2) is 5.13 Å². The first-order valence-corrected chi connectivity index (χ1v) is 7.82. The molecule has 94 valence electrons. The molecule has 1 N–H and O–H groups in total. The summed E-state index contributed by atoms with van der Waals surface area (Å²) in [5, 5.41) is 5.51. The molecule has 2 aliphatic rings. The van der Waals surface area contributed by atoms with E-state index >= 15 is 0 Å². The Kier molecular flexibility index (Phi) is 2.52. The molecule has 0 amide bonds. The number of halogens is 1. The van der Waals surface area contributed by atoms with Gasteiger partial charge in [-0.05, 0) is 55.7 Å². The summed E-state index contributed by atoms with van der Waals surface area (Å²) >= 11 is 7.74. The van der Waals surface area contributed by atoms with Gasteiger partial charge in [0.05, 0.1) is 10.2 Å². The van der Waals surface area contributed by atoms with E-state index in [2.05, 4.69) is 16.4 Å². The van der Waals surface area contributed by atoms with Crippen LogP contribution in [0.2, 0.25) is 5.02 Å². The number of hydrogen-bond acceptors (Lipinski definition) is 3. The van der Waals surface area contributed by atoms with Crippen molar-refractivity contribution in [1.29, 1.82) is 0 Å². The van der Waals surface area contributed by atoms with Crippen molar-refractivity contribution in [3.63, 3.8) is 0 Å². The van der Waals surface area contributed by atoms with Gasteiger partial charge in [-0.25, -0.2) is 4.98 Å². The lowest BCUT2D eigenvalue weighted by atomic mass is 10.1. The highest BCUT2D eigenvalue weighted by atomic mass is 35.5. The van der Waals surface area contributed by atoms with Crippen LogP contribution in [0.15, 0.2) is 18.2 Å². The Hall–Kier alpha value is -0.800. The van der Waals surface area contributed by atoms with Crippen LogP contribution in [0.3, 0.4) is 0 Å². The second-order valence-electron chi connectivity index (χ2n) is 5.48. The number of nitrogens with zero attached hydrogens (tertiary/aromatic N) is 1. The molecule has 1 aromatic heterocycles. The summed E-state index contributed by atoms with van der Waals surface area (Å²) in [7, 11) is 0. The first-order valence-electron chi connectivity index (χ1n) is 6.62. The molecule has 4 rings (SSSR count). The van der Waals surface area contributed by atoms with E-state index in [9.17, 15) is 0 Å². The number of nitrogens with one attached hydrogen (secondary N) is 1. The maximum absolute atomic E-state index is 6.00. The van der Waals surface area contributed by atoms with Gasteiger partial charge >= 0.3 is 0 Å². The number of aromatic nitrogens is 1. The van der Waals surface area contributed by atoms with Crippen molar-refractivity contribution in [3.8, 4) is 0 Å². The molecule has 0 saturated heterocycles. The van der Waals surface area contributed by atoms with E-state index in [1.54, 1.807) is 11.3 Å². The Morgan fingerprint density at radius 1 is 1.22 bits per heavy atom. The van der Waals surface area contributed by atoms with E-state index in [0.29, 0.717) is 6.04 Å². The third kappa shape index (κ3) is 2.10. The Labute approximate surface area is 115 Å². The van der Waals surface area contributed by atoms with Crippen molar-refractivity contribution in [2.45, 2.75) is 31.7 Å². The van der Waals surface area contributed by atoms with Gasteiger partial charge in [0, 0.05) is 11.1 Å². The van der Waals surface area contributed by atoms with E-state index in [0.717, 1.165) is 27.5 Å². The number of rotatable bonds is 4. The van der Waals surface area contributed by atoms with Crippen LogP contribution >= 0.6 is 22.9 Å². The maximum Gasteiger partial charge on any atom is 0.184 e. The Balaban J connectivity index is 1.61. The van der Waals surface area contributed by atoms with Crippen LogP contribution in [-0.4, -0.2) is 11.0 Å². The molecule has 2 fully saturated rings. The molecule has 0 radical (unpaired) electrons. The van der Waals surface area contributed by atoms with Crippen LogP contribution < -0.4 is 5.32 Å². The molecular formula is C14H15ClN2S. The highest BCUT2D eigenvalue weighted by Gasteiger charge is 2.41. The number of anilines is 1. The molecular weight excluding hydrogens is 264 g/mol. The third-order valence-corrected chi connectivity index (χ3v) is 5.10. The van der Waals surface area contributed by atoms with Gasteiger partial charge in [-0.1, -0.05) is 22.9 Å². The summed E-state index contributed by atoms with van der Waals surface area (Å²) in [5.74, 6) is 1.79.